The summed E-state index contributed by atoms with van der Waals surface area (Å²) in [4.78, 5) is -0.793. The Balaban J connectivity index is 2.46. The molecule has 0 saturated carbocycles. The molecule has 0 saturated heterocycles. The molecule has 0 unspecified atom stereocenters. The van der Waals surface area contributed by atoms with Crippen molar-refractivity contribution in [3.63, 3.8) is 0 Å². The number of nitrogens with one attached hydrogen (secondary N) is 1. The van der Waals surface area contributed by atoms with Crippen molar-refractivity contribution in [3.05, 3.63) is 59.7 Å². The first-order chi connectivity index (χ1) is 9.70. The van der Waals surface area contributed by atoms with Crippen LogP contribution in [-0.2, 0) is 16.2 Å². The largest absolute Gasteiger partial charge is 0.417 e. The summed E-state index contributed by atoms with van der Waals surface area (Å²) in [7, 11) is -4.31. The van der Waals surface area contributed by atoms with Crippen LogP contribution in [0.3, 0.4) is 0 Å². The minimum Gasteiger partial charge on any atom is -0.280 e. The van der Waals surface area contributed by atoms with E-state index in [2.05, 4.69) is 4.72 Å². The second-order valence-corrected chi connectivity index (χ2v) is 6.12. The van der Waals surface area contributed by atoms with Gasteiger partial charge in [-0.25, -0.2) is 8.42 Å². The van der Waals surface area contributed by atoms with E-state index >= 15 is 0 Å². The summed E-state index contributed by atoms with van der Waals surface area (Å²) in [5.74, 6) is 0. The van der Waals surface area contributed by atoms with Crippen LogP contribution in [-0.4, -0.2) is 8.42 Å². The Bertz CT molecular complexity index is 755. The van der Waals surface area contributed by atoms with E-state index < -0.39 is 26.7 Å². The molecule has 112 valence electrons. The van der Waals surface area contributed by atoms with Crippen LogP contribution < -0.4 is 4.72 Å². The number of benzene rings is 2. The molecule has 0 heterocycles. The van der Waals surface area contributed by atoms with E-state index in [0.29, 0.717) is 0 Å². The highest BCUT2D eigenvalue weighted by atomic mass is 32.2. The van der Waals surface area contributed by atoms with E-state index in [0.717, 1.165) is 23.8 Å². The zero-order valence-electron chi connectivity index (χ0n) is 11.0. The number of rotatable bonds is 3. The highest BCUT2D eigenvalue weighted by molar-refractivity contribution is 7.92. The fourth-order valence-corrected chi connectivity index (χ4v) is 3.13. The third kappa shape index (κ3) is 3.55. The van der Waals surface area contributed by atoms with E-state index in [4.69, 9.17) is 0 Å². The predicted octanol–water partition coefficient (Wildman–Crippen LogP) is 3.81. The van der Waals surface area contributed by atoms with Gasteiger partial charge in [0.15, 0.2) is 0 Å². The minimum atomic E-state index is -4.74. The van der Waals surface area contributed by atoms with E-state index in [-0.39, 0.29) is 5.69 Å². The fraction of sp³-hybridized carbons (Fsp3) is 0.143. The normalized spacial score (nSPS) is 12.2. The van der Waals surface area contributed by atoms with Gasteiger partial charge in [-0.15, -0.1) is 0 Å². The number of hydrogen-bond donors (Lipinski definition) is 1. The highest BCUT2D eigenvalue weighted by Crippen LogP contribution is 2.34. The number of hydrogen-bond acceptors (Lipinski definition) is 2. The van der Waals surface area contributed by atoms with Gasteiger partial charge in [0.25, 0.3) is 10.0 Å². The molecule has 0 aromatic heterocycles. The van der Waals surface area contributed by atoms with Crippen molar-refractivity contribution in [1.82, 2.24) is 0 Å². The number of alkyl halides is 3. The van der Waals surface area contributed by atoms with E-state index in [1.54, 1.807) is 19.1 Å². The molecule has 0 atom stereocenters. The lowest BCUT2D eigenvalue weighted by molar-refractivity contribution is -0.139. The lowest BCUT2D eigenvalue weighted by atomic mass is 10.2. The molecule has 0 radical (unpaired) electrons. The summed E-state index contributed by atoms with van der Waals surface area (Å²) in [5.41, 5.74) is -0.184. The summed E-state index contributed by atoms with van der Waals surface area (Å²) in [6.07, 6.45) is -4.74. The molecular weight excluding hydrogens is 303 g/mol. The molecule has 0 fully saturated rings. The Labute approximate surface area is 120 Å². The molecule has 0 aliphatic rings. The van der Waals surface area contributed by atoms with Gasteiger partial charge < -0.3 is 0 Å². The molecule has 3 nitrogen and oxygen atoms in total. The van der Waals surface area contributed by atoms with Crippen LogP contribution in [0.2, 0.25) is 0 Å². The van der Waals surface area contributed by atoms with Crippen molar-refractivity contribution in [1.29, 1.82) is 0 Å². The summed E-state index contributed by atoms with van der Waals surface area (Å²) in [5, 5.41) is 0. The van der Waals surface area contributed by atoms with Gasteiger partial charge in [-0.05, 0) is 36.8 Å². The van der Waals surface area contributed by atoms with Crippen LogP contribution >= 0.6 is 0 Å². The lowest BCUT2D eigenvalue weighted by Crippen LogP contribution is -2.18. The van der Waals surface area contributed by atoms with Gasteiger partial charge in [-0.3, -0.25) is 4.72 Å². The van der Waals surface area contributed by atoms with Crippen LogP contribution in [0.5, 0.6) is 0 Å². The monoisotopic (exact) mass is 315 g/mol. The lowest BCUT2D eigenvalue weighted by Gasteiger charge is -2.14. The van der Waals surface area contributed by atoms with Gasteiger partial charge in [0.1, 0.15) is 0 Å². The molecular formula is C14H12F3NO2S. The number of sulfonamides is 1. The summed E-state index contributed by atoms with van der Waals surface area (Å²) < 4.78 is 65.2. The van der Waals surface area contributed by atoms with Crippen LogP contribution in [0.4, 0.5) is 18.9 Å². The van der Waals surface area contributed by atoms with Gasteiger partial charge >= 0.3 is 6.18 Å². The predicted molar refractivity (Wildman–Crippen MR) is 73.4 cm³/mol. The van der Waals surface area contributed by atoms with Crippen LogP contribution in [0.15, 0.2) is 53.4 Å². The molecule has 2 rings (SSSR count). The summed E-state index contributed by atoms with van der Waals surface area (Å²) in [6.45, 7) is 1.75. The molecule has 7 heteroatoms. The molecule has 2 aromatic rings. The zero-order valence-corrected chi connectivity index (χ0v) is 11.8. The maximum absolute atomic E-state index is 12.9. The molecule has 2 aromatic carbocycles. The Kier molecular flexibility index (Phi) is 3.95. The Morgan fingerprint density at radius 3 is 2.29 bits per heavy atom. The maximum Gasteiger partial charge on any atom is 0.417 e. The van der Waals surface area contributed by atoms with Crippen molar-refractivity contribution in [3.8, 4) is 0 Å². The molecule has 0 spiro atoms. The van der Waals surface area contributed by atoms with Crippen molar-refractivity contribution in [2.75, 3.05) is 4.72 Å². The van der Waals surface area contributed by atoms with Crippen molar-refractivity contribution < 1.29 is 21.6 Å². The van der Waals surface area contributed by atoms with Gasteiger partial charge in [0.2, 0.25) is 0 Å². The summed E-state index contributed by atoms with van der Waals surface area (Å²) >= 11 is 0. The number of anilines is 1. The minimum absolute atomic E-state index is 0.215. The molecule has 0 aliphatic carbocycles. The van der Waals surface area contributed by atoms with Gasteiger partial charge in [-0.1, -0.05) is 24.3 Å². The average Bonchev–Trinajstić information content (AvgIpc) is 2.37. The average molecular weight is 315 g/mol. The third-order valence-electron chi connectivity index (χ3n) is 2.75. The van der Waals surface area contributed by atoms with E-state index in [1.807, 2.05) is 0 Å². The smallest absolute Gasteiger partial charge is 0.280 e. The van der Waals surface area contributed by atoms with Crippen molar-refractivity contribution in [2.24, 2.45) is 0 Å². The van der Waals surface area contributed by atoms with Crippen LogP contribution in [0.1, 0.15) is 11.1 Å². The van der Waals surface area contributed by atoms with Gasteiger partial charge in [0.05, 0.1) is 10.5 Å². The van der Waals surface area contributed by atoms with Gasteiger partial charge in [-0.2, -0.15) is 13.2 Å². The maximum atomic E-state index is 12.9. The first-order valence-electron chi connectivity index (χ1n) is 5.96. The molecule has 21 heavy (non-hydrogen) atoms. The first kappa shape index (κ1) is 15.4. The standard InChI is InChI=1S/C14H12F3NO2S/c1-10-5-4-6-11(9-10)18-21(19,20)13-8-3-2-7-12(13)14(15,16)17/h2-9,18H,1H3. The van der Waals surface area contributed by atoms with E-state index in [1.165, 1.54) is 18.2 Å². The number of halogens is 3. The van der Waals surface area contributed by atoms with Crippen molar-refractivity contribution >= 4 is 15.7 Å². The highest BCUT2D eigenvalue weighted by Gasteiger charge is 2.36. The fourth-order valence-electron chi connectivity index (χ4n) is 1.85. The Morgan fingerprint density at radius 1 is 1.00 bits per heavy atom. The third-order valence-corrected chi connectivity index (χ3v) is 4.19. The Hall–Kier alpha value is -2.02. The zero-order chi connectivity index (χ0) is 15.7. The summed E-state index contributed by atoms with van der Waals surface area (Å²) in [6, 6.07) is 10.4. The van der Waals surface area contributed by atoms with Crippen LogP contribution in [0.25, 0.3) is 0 Å². The molecule has 1 N–H and O–H groups in total. The van der Waals surface area contributed by atoms with E-state index in [9.17, 15) is 21.6 Å². The van der Waals surface area contributed by atoms with Gasteiger partial charge in [0, 0.05) is 5.69 Å². The second kappa shape index (κ2) is 5.40. The first-order valence-corrected chi connectivity index (χ1v) is 7.44. The quantitative estimate of drug-likeness (QED) is 0.936. The van der Waals surface area contributed by atoms with Crippen LogP contribution in [0, 0.1) is 6.92 Å². The molecule has 0 aliphatic heterocycles. The molecule has 0 amide bonds. The van der Waals surface area contributed by atoms with Crippen molar-refractivity contribution in [2.45, 2.75) is 18.0 Å². The molecule has 0 bridgehead atoms. The SMILES string of the molecule is Cc1cccc(NS(=O)(=O)c2ccccc2C(F)(F)F)c1. The topological polar surface area (TPSA) is 46.2 Å². The number of aryl methyl sites for hydroxylation is 1. The second-order valence-electron chi connectivity index (χ2n) is 4.47. The Morgan fingerprint density at radius 2 is 1.67 bits per heavy atom.